The predicted molar refractivity (Wildman–Crippen MR) is 80.7 cm³/mol. The van der Waals surface area contributed by atoms with Gasteiger partial charge in [0.2, 0.25) is 5.91 Å². The van der Waals surface area contributed by atoms with Crippen molar-refractivity contribution >= 4 is 27.5 Å². The lowest BCUT2D eigenvalue weighted by molar-refractivity contribution is -0.127. The average Bonchev–Trinajstić information content (AvgIpc) is 2.70. The molecule has 1 unspecified atom stereocenters. The van der Waals surface area contributed by atoms with Gasteiger partial charge in [0.1, 0.15) is 10.5 Å². The van der Waals surface area contributed by atoms with E-state index in [9.17, 15) is 9.59 Å². The minimum Gasteiger partial charge on any atom is -0.371 e. The minimum absolute atomic E-state index is 0.0447. The van der Waals surface area contributed by atoms with Gasteiger partial charge in [0, 0.05) is 20.1 Å². The molecule has 2 rings (SSSR count). The number of carbonyl (C=O) groups is 1. The summed E-state index contributed by atoms with van der Waals surface area (Å²) >= 11 is 3.30. The molecule has 0 aliphatic carbocycles. The third-order valence-electron chi connectivity index (χ3n) is 3.28. The molecule has 1 aromatic rings. The van der Waals surface area contributed by atoms with Crippen LogP contribution >= 0.6 is 15.9 Å². The Morgan fingerprint density at radius 3 is 2.75 bits per heavy atom. The van der Waals surface area contributed by atoms with E-state index < -0.39 is 0 Å². The second-order valence-corrected chi connectivity index (χ2v) is 6.29. The Labute approximate surface area is 126 Å². The van der Waals surface area contributed by atoms with E-state index in [1.807, 2.05) is 13.8 Å². The summed E-state index contributed by atoms with van der Waals surface area (Å²) in [6.07, 6.45) is 2.33. The van der Waals surface area contributed by atoms with E-state index in [4.69, 9.17) is 0 Å². The molecule has 0 bridgehead atoms. The molecule has 0 radical (unpaired) electrons. The fourth-order valence-corrected chi connectivity index (χ4v) is 2.61. The van der Waals surface area contributed by atoms with Gasteiger partial charge in [0.25, 0.3) is 5.56 Å². The fraction of sp³-hybridized carbons (Fsp3) is 0.615. The number of nitrogens with one attached hydrogen (secondary N) is 1. The SMILES string of the molecule is CC(C)Cn1ncc(NC2CCN(C)C2=O)c(Br)c1=O. The second kappa shape index (κ2) is 5.95. The maximum Gasteiger partial charge on any atom is 0.283 e. The van der Waals surface area contributed by atoms with Gasteiger partial charge in [-0.1, -0.05) is 13.8 Å². The highest BCUT2D eigenvalue weighted by atomic mass is 79.9. The molecule has 20 heavy (non-hydrogen) atoms. The Kier molecular flexibility index (Phi) is 4.47. The molecule has 110 valence electrons. The smallest absolute Gasteiger partial charge is 0.283 e. The van der Waals surface area contributed by atoms with Crippen LogP contribution in [0.3, 0.4) is 0 Å². The standard InChI is InChI=1S/C13H19BrN4O2/c1-8(2)7-18-13(20)11(14)10(6-15-18)16-9-4-5-17(3)12(9)19/h6,8-9,16H,4-5,7H2,1-3H3. The van der Waals surface area contributed by atoms with E-state index in [1.54, 1.807) is 18.1 Å². The number of likely N-dealkylation sites (tertiary alicyclic amines) is 1. The molecule has 2 heterocycles. The van der Waals surface area contributed by atoms with Crippen LogP contribution in [0.5, 0.6) is 0 Å². The highest BCUT2D eigenvalue weighted by molar-refractivity contribution is 9.10. The third kappa shape index (κ3) is 3.03. The van der Waals surface area contributed by atoms with Gasteiger partial charge in [-0.3, -0.25) is 9.59 Å². The molecule has 7 heteroatoms. The first-order valence-corrected chi connectivity index (χ1v) is 7.46. The number of carbonyl (C=O) groups excluding carboxylic acids is 1. The van der Waals surface area contributed by atoms with E-state index >= 15 is 0 Å². The zero-order valence-corrected chi connectivity index (χ0v) is 13.5. The molecule has 1 aliphatic rings. The predicted octanol–water partition coefficient (Wildman–Crippen LogP) is 1.30. The number of nitrogens with zero attached hydrogens (tertiary/aromatic N) is 3. The summed E-state index contributed by atoms with van der Waals surface area (Å²) in [5.41, 5.74) is 0.395. The first-order chi connectivity index (χ1) is 9.40. The van der Waals surface area contributed by atoms with E-state index in [1.165, 1.54) is 4.68 Å². The lowest BCUT2D eigenvalue weighted by Gasteiger charge is -2.15. The van der Waals surface area contributed by atoms with Gasteiger partial charge in [0.05, 0.1) is 11.9 Å². The van der Waals surface area contributed by atoms with Crippen molar-refractivity contribution in [3.05, 3.63) is 21.0 Å². The highest BCUT2D eigenvalue weighted by Gasteiger charge is 2.29. The van der Waals surface area contributed by atoms with E-state index in [0.717, 1.165) is 13.0 Å². The minimum atomic E-state index is -0.279. The van der Waals surface area contributed by atoms with Gasteiger partial charge in [0.15, 0.2) is 0 Å². The van der Waals surface area contributed by atoms with Crippen LogP contribution < -0.4 is 10.9 Å². The van der Waals surface area contributed by atoms with E-state index in [0.29, 0.717) is 22.6 Å². The maximum atomic E-state index is 12.2. The first kappa shape index (κ1) is 15.0. The van der Waals surface area contributed by atoms with Gasteiger partial charge in [-0.25, -0.2) is 4.68 Å². The van der Waals surface area contributed by atoms with Gasteiger partial charge in [-0.05, 0) is 28.3 Å². The second-order valence-electron chi connectivity index (χ2n) is 5.50. The average molecular weight is 343 g/mol. The zero-order chi connectivity index (χ0) is 14.9. The van der Waals surface area contributed by atoms with E-state index in [-0.39, 0.29) is 17.5 Å². The summed E-state index contributed by atoms with van der Waals surface area (Å²) in [4.78, 5) is 25.7. The molecule has 1 aliphatic heterocycles. The van der Waals surface area contributed by atoms with Crippen LogP contribution in [-0.4, -0.2) is 40.2 Å². The van der Waals surface area contributed by atoms with Crippen LogP contribution in [0.25, 0.3) is 0 Å². The van der Waals surface area contributed by atoms with Crippen LogP contribution in [0.15, 0.2) is 15.5 Å². The number of hydrogen-bond acceptors (Lipinski definition) is 4. The van der Waals surface area contributed by atoms with Crippen molar-refractivity contribution < 1.29 is 4.79 Å². The number of hydrogen-bond donors (Lipinski definition) is 1. The van der Waals surface area contributed by atoms with Crippen molar-refractivity contribution in [2.45, 2.75) is 32.9 Å². The summed E-state index contributed by atoms with van der Waals surface area (Å²) in [7, 11) is 1.78. The summed E-state index contributed by atoms with van der Waals surface area (Å²) in [6, 6.07) is -0.279. The van der Waals surface area contributed by atoms with Crippen molar-refractivity contribution in [2.75, 3.05) is 18.9 Å². The summed E-state index contributed by atoms with van der Waals surface area (Å²) in [5, 5.41) is 7.25. The quantitative estimate of drug-likeness (QED) is 0.895. The Morgan fingerprint density at radius 1 is 1.50 bits per heavy atom. The monoisotopic (exact) mass is 342 g/mol. The Bertz CT molecular complexity index is 570. The normalized spacial score (nSPS) is 18.9. The molecule has 0 aromatic carbocycles. The summed E-state index contributed by atoms with van der Waals surface area (Å²) in [5.74, 6) is 0.388. The lowest BCUT2D eigenvalue weighted by atomic mass is 10.2. The highest BCUT2D eigenvalue weighted by Crippen LogP contribution is 2.21. The van der Waals surface area contributed by atoms with E-state index in [2.05, 4.69) is 26.3 Å². The third-order valence-corrected chi connectivity index (χ3v) is 4.05. The lowest BCUT2D eigenvalue weighted by Crippen LogP contribution is -2.32. The number of halogens is 1. The summed E-state index contributed by atoms with van der Waals surface area (Å²) < 4.78 is 1.86. The number of amides is 1. The van der Waals surface area contributed by atoms with Crippen molar-refractivity contribution in [3.8, 4) is 0 Å². The van der Waals surface area contributed by atoms with Gasteiger partial charge in [-0.2, -0.15) is 5.10 Å². The first-order valence-electron chi connectivity index (χ1n) is 6.67. The van der Waals surface area contributed by atoms with Crippen molar-refractivity contribution in [2.24, 2.45) is 5.92 Å². The molecule has 0 saturated carbocycles. The molecular formula is C13H19BrN4O2. The molecule has 1 saturated heterocycles. The van der Waals surface area contributed by atoms with Gasteiger partial charge >= 0.3 is 0 Å². The molecule has 1 atom stereocenters. The largest absolute Gasteiger partial charge is 0.371 e. The van der Waals surface area contributed by atoms with Gasteiger partial charge in [-0.15, -0.1) is 0 Å². The molecule has 1 fully saturated rings. The van der Waals surface area contributed by atoms with Crippen LogP contribution in [0, 0.1) is 5.92 Å². The zero-order valence-electron chi connectivity index (χ0n) is 11.9. The van der Waals surface area contributed by atoms with Crippen molar-refractivity contribution in [3.63, 3.8) is 0 Å². The van der Waals surface area contributed by atoms with Crippen molar-refractivity contribution in [1.29, 1.82) is 0 Å². The Balaban J connectivity index is 2.20. The maximum absolute atomic E-state index is 12.2. The summed E-state index contributed by atoms with van der Waals surface area (Å²) in [6.45, 7) is 5.36. The molecule has 1 N–H and O–H groups in total. The van der Waals surface area contributed by atoms with Gasteiger partial charge < -0.3 is 10.2 Å². The van der Waals surface area contributed by atoms with Crippen LogP contribution in [0.4, 0.5) is 5.69 Å². The Morgan fingerprint density at radius 2 is 2.20 bits per heavy atom. The van der Waals surface area contributed by atoms with Crippen molar-refractivity contribution in [1.82, 2.24) is 14.7 Å². The number of anilines is 1. The van der Waals surface area contributed by atoms with Crippen LogP contribution in [-0.2, 0) is 11.3 Å². The molecule has 1 amide bonds. The number of rotatable bonds is 4. The van der Waals surface area contributed by atoms with Crippen LogP contribution in [0.2, 0.25) is 0 Å². The molecule has 1 aromatic heterocycles. The molecule has 0 spiro atoms. The number of likely N-dealkylation sites (N-methyl/N-ethyl adjacent to an activating group) is 1. The Hall–Kier alpha value is -1.37. The molecular weight excluding hydrogens is 324 g/mol. The number of aromatic nitrogens is 2. The topological polar surface area (TPSA) is 67.2 Å². The molecule has 6 nitrogen and oxygen atoms in total. The van der Waals surface area contributed by atoms with Crippen LogP contribution in [0.1, 0.15) is 20.3 Å². The fourth-order valence-electron chi connectivity index (χ4n) is 2.19.